The number of aliphatic carboxylic acids is 1. The third kappa shape index (κ3) is 37.1. The summed E-state index contributed by atoms with van der Waals surface area (Å²) in [6.07, 6.45) is 44.7. The largest absolute Gasteiger partial charge is 0.544 e. The molecule has 0 aliphatic rings. The molecule has 0 saturated heterocycles. The van der Waals surface area contributed by atoms with E-state index >= 15 is 0 Å². The number of quaternary nitrogens is 1. The van der Waals surface area contributed by atoms with Crippen LogP contribution in [0.4, 0.5) is 0 Å². The van der Waals surface area contributed by atoms with Gasteiger partial charge in [0.2, 0.25) is 0 Å². The third-order valence-electron chi connectivity index (χ3n) is 10.3. The number of carboxylic acids is 1. The Kier molecular flexibility index (Phi) is 37.7. The minimum Gasteiger partial charge on any atom is -0.544 e. The van der Waals surface area contributed by atoms with Gasteiger partial charge in [0.1, 0.15) is 12.6 Å². The topological polar surface area (TPSA) is 102 Å². The highest BCUT2D eigenvalue weighted by molar-refractivity contribution is 5.70. The molecule has 0 N–H and O–H groups in total. The Morgan fingerprint density at radius 2 is 1.00 bits per heavy atom. The van der Waals surface area contributed by atoms with E-state index in [1.54, 1.807) is 21.1 Å². The van der Waals surface area contributed by atoms with Gasteiger partial charge in [0.15, 0.2) is 6.10 Å². The summed E-state index contributed by atoms with van der Waals surface area (Å²) in [6, 6.07) is -0.731. The molecule has 2 unspecified atom stereocenters. The standard InChI is InChI=1S/C48H87NO7/c1-6-8-10-12-14-16-18-20-21-22-23-24-25-26-27-29-30-32-34-36-38-46(50)55-43-44(42-54-41-40-45(48(52)53)49(3,4)5)56-47(51)39-37-35-33-31-28-19-17-15-13-11-9-7-2/h9,11,15,17,28,31,44-45H,6-8,10,12-14,16,18-27,29-30,32-43H2,1-5H3/b11-9+,17-15+,31-28+. The van der Waals surface area contributed by atoms with Crippen molar-refractivity contribution in [2.75, 3.05) is 41.0 Å². The summed E-state index contributed by atoms with van der Waals surface area (Å²) in [6.45, 7) is 4.52. The molecule has 8 nitrogen and oxygen atoms in total. The molecule has 56 heavy (non-hydrogen) atoms. The molecule has 0 aromatic heterocycles. The number of carbonyl (C=O) groups excluding carboxylic acids is 3. The van der Waals surface area contributed by atoms with Crippen LogP contribution in [0.25, 0.3) is 0 Å². The average molecular weight is 790 g/mol. The van der Waals surface area contributed by atoms with Crippen molar-refractivity contribution in [3.63, 3.8) is 0 Å². The summed E-state index contributed by atoms with van der Waals surface area (Å²) in [5, 5.41) is 11.6. The Hall–Kier alpha value is -2.45. The number of nitrogens with zero attached hydrogens (tertiary/aromatic N) is 1. The van der Waals surface area contributed by atoms with Crippen LogP contribution < -0.4 is 5.11 Å². The van der Waals surface area contributed by atoms with E-state index in [4.69, 9.17) is 14.2 Å². The van der Waals surface area contributed by atoms with Crippen molar-refractivity contribution in [2.45, 2.75) is 212 Å². The Morgan fingerprint density at radius 1 is 0.554 bits per heavy atom. The number of rotatable bonds is 41. The predicted molar refractivity (Wildman–Crippen MR) is 231 cm³/mol. The molecule has 2 atom stereocenters. The van der Waals surface area contributed by atoms with Gasteiger partial charge in [-0.3, -0.25) is 9.59 Å². The molecule has 0 radical (unpaired) electrons. The first-order chi connectivity index (χ1) is 27.1. The maximum atomic E-state index is 12.7. The summed E-state index contributed by atoms with van der Waals surface area (Å²) >= 11 is 0. The van der Waals surface area contributed by atoms with Crippen LogP contribution in [-0.2, 0) is 28.6 Å². The molecule has 0 amide bonds. The van der Waals surface area contributed by atoms with Crippen molar-refractivity contribution in [3.8, 4) is 0 Å². The first kappa shape index (κ1) is 53.6. The summed E-state index contributed by atoms with van der Waals surface area (Å²) in [5.41, 5.74) is 0. The van der Waals surface area contributed by atoms with E-state index < -0.39 is 18.1 Å². The number of allylic oxidation sites excluding steroid dienone is 6. The SMILES string of the molecule is CC/C=C/C/C=C/C/C=C/CCCCC(=O)OC(COCCC(C(=O)[O-])[N+](C)(C)C)COC(=O)CCCCCCCCCCCCCCCCCCCCCC. The first-order valence-corrected chi connectivity index (χ1v) is 23.0. The Bertz CT molecular complexity index is 1020. The fourth-order valence-electron chi connectivity index (χ4n) is 6.73. The lowest BCUT2D eigenvalue weighted by atomic mass is 10.0. The lowest BCUT2D eigenvalue weighted by Crippen LogP contribution is -2.55. The zero-order valence-corrected chi connectivity index (χ0v) is 37.1. The van der Waals surface area contributed by atoms with Crippen LogP contribution in [0, 0.1) is 0 Å². The molecule has 0 fully saturated rings. The summed E-state index contributed by atoms with van der Waals surface area (Å²) < 4.78 is 17.1. The number of carboxylic acid groups (broad SMARTS) is 1. The molecule has 0 aliphatic carbocycles. The number of unbranched alkanes of at least 4 members (excludes halogenated alkanes) is 21. The monoisotopic (exact) mass is 790 g/mol. The van der Waals surface area contributed by atoms with Gasteiger partial charge >= 0.3 is 11.9 Å². The zero-order chi connectivity index (χ0) is 41.4. The average Bonchev–Trinajstić information content (AvgIpc) is 3.15. The van der Waals surface area contributed by atoms with Gasteiger partial charge < -0.3 is 28.6 Å². The molecule has 0 aliphatic heterocycles. The Labute approximate surface area is 344 Å². The van der Waals surface area contributed by atoms with Crippen LogP contribution in [0.15, 0.2) is 36.5 Å². The highest BCUT2D eigenvalue weighted by Gasteiger charge is 2.25. The molecular weight excluding hydrogens is 703 g/mol. The van der Waals surface area contributed by atoms with Crippen molar-refractivity contribution in [1.82, 2.24) is 0 Å². The smallest absolute Gasteiger partial charge is 0.306 e. The van der Waals surface area contributed by atoms with Crippen LogP contribution in [0.2, 0.25) is 0 Å². The molecule has 0 spiro atoms. The minimum absolute atomic E-state index is 0.0275. The molecule has 8 heteroatoms. The van der Waals surface area contributed by atoms with Crippen molar-refractivity contribution in [1.29, 1.82) is 0 Å². The van der Waals surface area contributed by atoms with Crippen molar-refractivity contribution in [2.24, 2.45) is 0 Å². The zero-order valence-electron chi connectivity index (χ0n) is 37.1. The van der Waals surface area contributed by atoms with E-state index in [0.717, 1.165) is 51.4 Å². The molecule has 0 aromatic carbocycles. The van der Waals surface area contributed by atoms with Gasteiger partial charge in [0.25, 0.3) is 0 Å². The van der Waals surface area contributed by atoms with Crippen LogP contribution in [0.1, 0.15) is 200 Å². The van der Waals surface area contributed by atoms with E-state index in [9.17, 15) is 19.5 Å². The first-order valence-electron chi connectivity index (χ1n) is 23.0. The lowest BCUT2D eigenvalue weighted by Gasteiger charge is -2.34. The number of hydrogen-bond donors (Lipinski definition) is 0. The van der Waals surface area contributed by atoms with E-state index in [1.807, 2.05) is 0 Å². The van der Waals surface area contributed by atoms with Crippen LogP contribution in [0.3, 0.4) is 0 Å². The number of likely N-dealkylation sites (N-methyl/N-ethyl adjacent to an activating group) is 1. The van der Waals surface area contributed by atoms with E-state index in [-0.39, 0.29) is 49.1 Å². The quantitative estimate of drug-likeness (QED) is 0.0263. The van der Waals surface area contributed by atoms with Crippen molar-refractivity contribution >= 4 is 17.9 Å². The van der Waals surface area contributed by atoms with Gasteiger partial charge in [-0.25, -0.2) is 0 Å². The van der Waals surface area contributed by atoms with Gasteiger partial charge in [-0.1, -0.05) is 172 Å². The van der Waals surface area contributed by atoms with Crippen molar-refractivity contribution < 1.29 is 38.2 Å². The summed E-state index contributed by atoms with van der Waals surface area (Å²) in [5.74, 6) is -1.78. The maximum absolute atomic E-state index is 12.7. The van der Waals surface area contributed by atoms with Gasteiger partial charge in [0, 0.05) is 19.3 Å². The second-order valence-corrected chi connectivity index (χ2v) is 16.6. The van der Waals surface area contributed by atoms with Crippen LogP contribution >= 0.6 is 0 Å². The molecule has 0 saturated carbocycles. The second kappa shape index (κ2) is 39.4. The molecule has 0 aromatic rings. The predicted octanol–water partition coefficient (Wildman–Crippen LogP) is 11.3. The summed E-state index contributed by atoms with van der Waals surface area (Å²) in [7, 11) is 5.39. The molecule has 0 bridgehead atoms. The molecule has 0 heterocycles. The number of esters is 2. The van der Waals surface area contributed by atoms with E-state index in [1.165, 1.54) is 109 Å². The number of ether oxygens (including phenoxy) is 3. The molecule has 0 rings (SSSR count). The van der Waals surface area contributed by atoms with E-state index in [2.05, 4.69) is 50.3 Å². The summed E-state index contributed by atoms with van der Waals surface area (Å²) in [4.78, 5) is 36.8. The fourth-order valence-corrected chi connectivity index (χ4v) is 6.73. The number of carbonyl (C=O) groups is 3. The van der Waals surface area contributed by atoms with Crippen LogP contribution in [-0.4, -0.2) is 75.5 Å². The maximum Gasteiger partial charge on any atom is 0.306 e. The minimum atomic E-state index is -1.13. The molecule has 326 valence electrons. The van der Waals surface area contributed by atoms with Crippen molar-refractivity contribution in [3.05, 3.63) is 36.5 Å². The van der Waals surface area contributed by atoms with Crippen LogP contribution in [0.5, 0.6) is 0 Å². The van der Waals surface area contributed by atoms with Gasteiger partial charge in [-0.15, -0.1) is 0 Å². The fraction of sp³-hybridized carbons (Fsp3) is 0.812. The normalized spacial score (nSPS) is 13.2. The van der Waals surface area contributed by atoms with Gasteiger partial charge in [-0.05, 0) is 44.9 Å². The third-order valence-corrected chi connectivity index (χ3v) is 10.3. The Balaban J connectivity index is 4.25. The van der Waals surface area contributed by atoms with E-state index in [0.29, 0.717) is 12.8 Å². The number of hydrogen-bond acceptors (Lipinski definition) is 7. The highest BCUT2D eigenvalue weighted by Crippen LogP contribution is 2.16. The van der Waals surface area contributed by atoms with Gasteiger partial charge in [0.05, 0.1) is 40.3 Å². The van der Waals surface area contributed by atoms with Gasteiger partial charge in [-0.2, -0.15) is 0 Å². The second-order valence-electron chi connectivity index (χ2n) is 16.6. The molecular formula is C48H87NO7. The highest BCUT2D eigenvalue weighted by atomic mass is 16.6. The Morgan fingerprint density at radius 3 is 1.48 bits per heavy atom. The lowest BCUT2D eigenvalue weighted by molar-refractivity contribution is -0.889.